The van der Waals surface area contributed by atoms with Gasteiger partial charge in [0.1, 0.15) is 11.5 Å². The van der Waals surface area contributed by atoms with Gasteiger partial charge in [-0.2, -0.15) is 0 Å². The number of anilines is 12. The van der Waals surface area contributed by atoms with Crippen molar-refractivity contribution in [1.82, 2.24) is 0 Å². The Bertz CT molecular complexity index is 4560. The second-order valence-electron chi connectivity index (χ2n) is 21.1. The molecule has 0 unspecified atom stereocenters. The summed E-state index contributed by atoms with van der Waals surface area (Å²) < 4.78 is 9.80. The first-order chi connectivity index (χ1) is 40.2. The second kappa shape index (κ2) is 18.5. The fraction of sp³-hybridized carbons (Fsp3) is 0. The molecule has 17 rings (SSSR count). The lowest BCUT2D eigenvalue weighted by molar-refractivity contribution is 0.487. The zero-order valence-electron chi connectivity index (χ0n) is 43.7. The Morgan fingerprint density at radius 2 is 0.852 bits per heavy atom. The lowest BCUT2D eigenvalue weighted by atomic mass is 9.31. The summed E-state index contributed by atoms with van der Waals surface area (Å²) in [4.78, 5) is 12.4. The van der Waals surface area contributed by atoms with E-state index in [1.807, 2.05) is 23.1 Å². The summed E-state index contributed by atoms with van der Waals surface area (Å²) in [5, 5.41) is 2.52. The number of fused-ring (bicyclic) bond motifs is 11. The molecule has 0 bridgehead atoms. The highest BCUT2D eigenvalue weighted by Crippen LogP contribution is 2.52. The Kier molecular flexibility index (Phi) is 10.5. The molecule has 0 radical (unpaired) electrons. The number of hydrogen-bond donors (Lipinski definition) is 0. The summed E-state index contributed by atoms with van der Waals surface area (Å²) in [7, 11) is 0. The van der Waals surface area contributed by atoms with Crippen LogP contribution in [0.2, 0.25) is 0 Å². The van der Waals surface area contributed by atoms with Crippen LogP contribution in [-0.4, -0.2) is 13.4 Å². The van der Waals surface area contributed by atoms with Gasteiger partial charge in [-0.15, -0.1) is 11.3 Å². The van der Waals surface area contributed by atoms with E-state index in [0.29, 0.717) is 0 Å². The predicted octanol–water partition coefficient (Wildman–Crippen LogP) is 16.2. The Morgan fingerprint density at radius 1 is 0.321 bits per heavy atom. The van der Waals surface area contributed by atoms with Crippen molar-refractivity contribution in [3.63, 3.8) is 0 Å². The molecule has 4 aliphatic rings. The van der Waals surface area contributed by atoms with Crippen LogP contribution in [0.25, 0.3) is 20.2 Å². The lowest BCUT2D eigenvalue weighted by Gasteiger charge is -2.44. The fourth-order valence-corrected chi connectivity index (χ4v) is 15.8. The Hall–Kier alpha value is -9.66. The molecular weight excluding hydrogens is 1020 g/mol. The molecule has 12 aromatic carbocycles. The predicted molar refractivity (Wildman–Crippen MR) is 344 cm³/mol. The Labute approximate surface area is 479 Å². The quantitative estimate of drug-likeness (QED) is 0.140. The molecule has 5 heterocycles. The van der Waals surface area contributed by atoms with Crippen LogP contribution in [0.3, 0.4) is 0 Å². The normalized spacial score (nSPS) is 13.1. The van der Waals surface area contributed by atoms with Crippen molar-refractivity contribution in [2.24, 2.45) is 0 Å². The van der Waals surface area contributed by atoms with Crippen molar-refractivity contribution in [2.75, 3.05) is 19.6 Å². The van der Waals surface area contributed by atoms with Crippen LogP contribution < -0.4 is 57.1 Å². The van der Waals surface area contributed by atoms with Crippen molar-refractivity contribution < 1.29 is 4.74 Å². The van der Waals surface area contributed by atoms with Crippen molar-refractivity contribution in [3.8, 4) is 11.5 Å². The van der Waals surface area contributed by atoms with Gasteiger partial charge in [0.05, 0.1) is 16.1 Å². The van der Waals surface area contributed by atoms with E-state index >= 15 is 0 Å². The molecule has 0 aliphatic carbocycles. The van der Waals surface area contributed by atoms with E-state index in [-0.39, 0.29) is 13.4 Å². The van der Waals surface area contributed by atoms with Crippen LogP contribution in [0.5, 0.6) is 11.5 Å². The van der Waals surface area contributed by atoms with Crippen LogP contribution >= 0.6 is 23.1 Å². The van der Waals surface area contributed by atoms with Crippen molar-refractivity contribution in [1.29, 1.82) is 0 Å². The number of thiophene rings is 1. The molecule has 0 N–H and O–H groups in total. The maximum atomic E-state index is 7.28. The van der Waals surface area contributed by atoms with Crippen LogP contribution in [0, 0.1) is 0 Å². The zero-order chi connectivity index (χ0) is 53.1. The third kappa shape index (κ3) is 7.22. The van der Waals surface area contributed by atoms with Crippen molar-refractivity contribution >= 4 is 158 Å². The van der Waals surface area contributed by atoms with Crippen LogP contribution in [0.15, 0.2) is 289 Å². The number of hydrogen-bond acceptors (Lipinski definition) is 7. The average molecular weight is 1070 g/mol. The van der Waals surface area contributed by atoms with E-state index in [4.69, 9.17) is 4.74 Å². The molecule has 0 saturated heterocycles. The molecule has 9 heteroatoms. The van der Waals surface area contributed by atoms with Crippen molar-refractivity contribution in [3.05, 3.63) is 279 Å². The molecule has 1 aromatic heterocycles. The standard InChI is InChI=1S/C72H46B2N4OS2/c1-6-23-47(24-7-1)75(48-25-8-2-9-26-48)52-41-63-70-66(43-52)79-65-39-20-18-36-57(65)74(70)58-45-59-68(46-62(58)78(63)61-38-22-34-55-54-33-16-21-40-67(54)81-72(55)61)80-69-44-53(76(49-27-10-3-11-28-49)50-29-12-4-13-30-50)42-64-71(69)73(59)56-35-17-19-37-60(56)77(64)51-31-14-5-15-32-51/h1-46H. The minimum Gasteiger partial charge on any atom is -0.458 e. The van der Waals surface area contributed by atoms with Gasteiger partial charge in [0.25, 0.3) is 6.71 Å². The van der Waals surface area contributed by atoms with Gasteiger partial charge in [-0.25, -0.2) is 0 Å². The smallest absolute Gasteiger partial charge is 0.256 e. The van der Waals surface area contributed by atoms with Gasteiger partial charge in [-0.3, -0.25) is 0 Å². The summed E-state index contributed by atoms with van der Waals surface area (Å²) in [5.74, 6) is 1.74. The van der Waals surface area contributed by atoms with E-state index in [2.05, 4.69) is 299 Å². The lowest BCUT2D eigenvalue weighted by Crippen LogP contribution is -2.63. The molecule has 13 aromatic rings. The third-order valence-electron chi connectivity index (χ3n) is 16.7. The zero-order valence-corrected chi connectivity index (χ0v) is 45.4. The molecule has 0 spiro atoms. The van der Waals surface area contributed by atoms with Gasteiger partial charge in [0.15, 0.2) is 0 Å². The molecule has 0 amide bonds. The van der Waals surface area contributed by atoms with Crippen molar-refractivity contribution in [2.45, 2.75) is 9.79 Å². The molecule has 81 heavy (non-hydrogen) atoms. The van der Waals surface area contributed by atoms with Gasteiger partial charge in [-0.05, 0) is 137 Å². The summed E-state index contributed by atoms with van der Waals surface area (Å²) in [6.07, 6.45) is 0. The van der Waals surface area contributed by atoms with Gasteiger partial charge in [0, 0.05) is 88.2 Å². The molecule has 378 valence electrons. The summed E-state index contributed by atoms with van der Waals surface area (Å²) in [6, 6.07) is 102. The summed E-state index contributed by atoms with van der Waals surface area (Å²) in [5.41, 5.74) is 20.9. The minimum atomic E-state index is -0.132. The van der Waals surface area contributed by atoms with E-state index in [0.717, 1.165) is 62.7 Å². The molecule has 5 nitrogen and oxygen atoms in total. The SMILES string of the molecule is c1ccc(N(c2ccccc2)c2cc3c4c(c2)N(c2cccc5c2sc2ccccc25)c2cc5c(cc2B4c2ccccc2O3)B2c3ccccc3N(c3ccccc3)c3cc(N(c4ccccc4)c4ccccc4)cc(c32)S5)cc1. The highest BCUT2D eigenvalue weighted by atomic mass is 32.2. The summed E-state index contributed by atoms with van der Waals surface area (Å²) in [6.45, 7) is -0.195. The number of para-hydroxylation sites is 7. The van der Waals surface area contributed by atoms with E-state index in [1.54, 1.807) is 0 Å². The van der Waals surface area contributed by atoms with Gasteiger partial charge < -0.3 is 24.3 Å². The average Bonchev–Trinajstić information content (AvgIpc) is 3.68. The first kappa shape index (κ1) is 46.3. The number of nitrogens with zero attached hydrogens (tertiary/aromatic N) is 4. The van der Waals surface area contributed by atoms with E-state index in [1.165, 1.54) is 79.8 Å². The van der Waals surface area contributed by atoms with Crippen LogP contribution in [0.4, 0.5) is 68.2 Å². The molecular formula is C72H46B2N4OS2. The Morgan fingerprint density at radius 3 is 1.53 bits per heavy atom. The first-order valence-corrected chi connectivity index (χ1v) is 29.3. The van der Waals surface area contributed by atoms with Gasteiger partial charge in [0.2, 0.25) is 6.71 Å². The van der Waals surface area contributed by atoms with Gasteiger partial charge in [-0.1, -0.05) is 181 Å². The monoisotopic (exact) mass is 1070 g/mol. The highest BCUT2D eigenvalue weighted by molar-refractivity contribution is 8.00. The third-order valence-corrected chi connectivity index (χ3v) is 19.0. The Balaban J connectivity index is 0.957. The van der Waals surface area contributed by atoms with E-state index in [9.17, 15) is 0 Å². The molecule has 4 aliphatic heterocycles. The second-order valence-corrected chi connectivity index (χ2v) is 23.3. The number of rotatable bonds is 8. The molecule has 0 saturated carbocycles. The summed E-state index contributed by atoms with van der Waals surface area (Å²) >= 11 is 3.78. The molecule has 0 atom stereocenters. The van der Waals surface area contributed by atoms with Crippen LogP contribution in [0.1, 0.15) is 0 Å². The van der Waals surface area contributed by atoms with E-state index < -0.39 is 0 Å². The fourth-order valence-electron chi connectivity index (χ4n) is 13.3. The minimum absolute atomic E-state index is 0.0632. The number of benzene rings is 12. The first-order valence-electron chi connectivity index (χ1n) is 27.6. The largest absolute Gasteiger partial charge is 0.458 e. The topological polar surface area (TPSA) is 22.2 Å². The van der Waals surface area contributed by atoms with Crippen LogP contribution in [-0.2, 0) is 0 Å². The molecule has 0 fully saturated rings. The maximum absolute atomic E-state index is 7.28. The maximum Gasteiger partial charge on any atom is 0.256 e. The van der Waals surface area contributed by atoms with Gasteiger partial charge >= 0.3 is 0 Å². The number of ether oxygens (including phenoxy) is 1. The highest BCUT2D eigenvalue weighted by Gasteiger charge is 2.47.